The maximum absolute atomic E-state index is 6.71. The van der Waals surface area contributed by atoms with E-state index in [2.05, 4.69) is 105 Å². The Kier molecular flexibility index (Phi) is 4.46. The van der Waals surface area contributed by atoms with E-state index in [1.54, 1.807) is 0 Å². The van der Waals surface area contributed by atoms with Crippen LogP contribution in [0.4, 0.5) is 0 Å². The zero-order chi connectivity index (χ0) is 25.4. The van der Waals surface area contributed by atoms with Crippen LogP contribution in [0.25, 0.3) is 16.7 Å². The minimum absolute atomic E-state index is 0.0825. The molecule has 3 heteroatoms. The third-order valence-electron chi connectivity index (χ3n) is 8.41. The Labute approximate surface area is 222 Å². The molecule has 3 nitrogen and oxygen atoms in total. The molecule has 1 unspecified atom stereocenters. The summed E-state index contributed by atoms with van der Waals surface area (Å²) in [5.41, 5.74) is 11.1. The number of aliphatic imine (C=N–C) groups is 1. The molecule has 4 aliphatic rings. The first kappa shape index (κ1) is 21.7. The summed E-state index contributed by atoms with van der Waals surface area (Å²) >= 11 is 0. The Morgan fingerprint density at radius 3 is 2.50 bits per heavy atom. The van der Waals surface area contributed by atoms with Gasteiger partial charge in [0.05, 0.1) is 5.71 Å². The molecule has 2 heterocycles. The number of benzene rings is 4. The highest BCUT2D eigenvalue weighted by Gasteiger charge is 2.39. The third kappa shape index (κ3) is 3.11. The van der Waals surface area contributed by atoms with Gasteiger partial charge in [0.25, 0.3) is 0 Å². The first-order chi connectivity index (χ1) is 18.6. The van der Waals surface area contributed by atoms with E-state index in [-0.39, 0.29) is 11.5 Å². The van der Waals surface area contributed by atoms with Crippen LogP contribution in [-0.2, 0) is 5.41 Å². The average molecular weight is 494 g/mol. The number of hydrogen-bond acceptors (Lipinski definition) is 3. The second-order valence-corrected chi connectivity index (χ2v) is 11.0. The Hall–Kier alpha value is -4.37. The van der Waals surface area contributed by atoms with Gasteiger partial charge in [0.2, 0.25) is 0 Å². The first-order valence-electron chi connectivity index (χ1n) is 13.4. The number of allylic oxidation sites excluding steroid dienone is 3. The SMILES string of the molecule is CC1(C)c2ccccc2-c2c1ccc1c2Oc2cc(C3=C(C4=NC4c4ccccc4)C=CCC3)ccc2O1. The van der Waals surface area contributed by atoms with Gasteiger partial charge < -0.3 is 9.47 Å². The van der Waals surface area contributed by atoms with Crippen molar-refractivity contribution in [1.29, 1.82) is 0 Å². The Bertz CT molecular complexity index is 1740. The van der Waals surface area contributed by atoms with E-state index in [0.29, 0.717) is 0 Å². The molecule has 38 heavy (non-hydrogen) atoms. The van der Waals surface area contributed by atoms with Gasteiger partial charge in [-0.2, -0.15) is 0 Å². The molecule has 2 aliphatic carbocycles. The van der Waals surface area contributed by atoms with Crippen LogP contribution in [0.15, 0.2) is 108 Å². The van der Waals surface area contributed by atoms with Crippen molar-refractivity contribution >= 4 is 11.3 Å². The van der Waals surface area contributed by atoms with Crippen molar-refractivity contribution in [2.45, 2.75) is 38.1 Å². The molecule has 2 aliphatic heterocycles. The van der Waals surface area contributed by atoms with Crippen molar-refractivity contribution in [3.8, 4) is 34.1 Å². The van der Waals surface area contributed by atoms with Crippen LogP contribution < -0.4 is 9.47 Å². The monoisotopic (exact) mass is 493 g/mol. The van der Waals surface area contributed by atoms with E-state index < -0.39 is 0 Å². The zero-order valence-electron chi connectivity index (χ0n) is 21.5. The average Bonchev–Trinajstić information content (AvgIpc) is 3.72. The first-order valence-corrected chi connectivity index (χ1v) is 13.4. The van der Waals surface area contributed by atoms with Crippen molar-refractivity contribution < 1.29 is 9.47 Å². The van der Waals surface area contributed by atoms with Gasteiger partial charge in [-0.3, -0.25) is 4.99 Å². The Balaban J connectivity index is 1.19. The maximum atomic E-state index is 6.71. The third-order valence-corrected chi connectivity index (χ3v) is 8.41. The van der Waals surface area contributed by atoms with Crippen LogP contribution in [0.5, 0.6) is 23.0 Å². The van der Waals surface area contributed by atoms with Crippen LogP contribution in [0.1, 0.15) is 55.0 Å². The second kappa shape index (κ2) is 7.82. The fourth-order valence-electron chi connectivity index (χ4n) is 6.40. The maximum Gasteiger partial charge on any atom is 0.178 e. The van der Waals surface area contributed by atoms with Gasteiger partial charge >= 0.3 is 0 Å². The summed E-state index contributed by atoms with van der Waals surface area (Å²) in [6.07, 6.45) is 6.52. The van der Waals surface area contributed by atoms with E-state index in [1.807, 2.05) is 6.07 Å². The molecule has 0 bridgehead atoms. The number of nitrogens with zero attached hydrogens (tertiary/aromatic N) is 1. The van der Waals surface area contributed by atoms with E-state index >= 15 is 0 Å². The van der Waals surface area contributed by atoms with Gasteiger partial charge in [0, 0.05) is 16.6 Å². The highest BCUT2D eigenvalue weighted by Crippen LogP contribution is 2.58. The van der Waals surface area contributed by atoms with Crippen molar-refractivity contribution in [2.24, 2.45) is 4.99 Å². The summed E-state index contributed by atoms with van der Waals surface area (Å²) in [4.78, 5) is 4.87. The van der Waals surface area contributed by atoms with Gasteiger partial charge in [0.1, 0.15) is 6.04 Å². The van der Waals surface area contributed by atoms with E-state index in [9.17, 15) is 0 Å². The molecule has 0 aromatic heterocycles. The second-order valence-electron chi connectivity index (χ2n) is 11.0. The fourth-order valence-corrected chi connectivity index (χ4v) is 6.40. The van der Waals surface area contributed by atoms with Crippen LogP contribution in [0.2, 0.25) is 0 Å². The standard InChI is InChI=1S/C35H27NO2/c1-35(2)26-15-9-8-14-25(26)31-27(35)17-19-29-34(31)38-30-20-22(16-18-28(30)37-29)23-12-6-7-13-24(23)33-32(36-33)21-10-4-3-5-11-21/h3-5,7-11,13-20,32H,6,12H2,1-2H3. The number of hydrogen-bond donors (Lipinski definition) is 0. The molecule has 0 spiro atoms. The highest BCUT2D eigenvalue weighted by molar-refractivity contribution is 6.19. The summed E-state index contributed by atoms with van der Waals surface area (Å²) in [5.74, 6) is 3.11. The Morgan fingerprint density at radius 2 is 1.61 bits per heavy atom. The number of rotatable bonds is 3. The topological polar surface area (TPSA) is 30.8 Å². The molecule has 4 aromatic carbocycles. The fraction of sp³-hybridized carbons (Fsp3) is 0.171. The predicted octanol–water partition coefficient (Wildman–Crippen LogP) is 9.19. The molecule has 1 atom stereocenters. The molecule has 0 saturated carbocycles. The molecule has 8 rings (SSSR count). The van der Waals surface area contributed by atoms with E-state index in [4.69, 9.17) is 14.5 Å². The van der Waals surface area contributed by atoms with Gasteiger partial charge in [-0.05, 0) is 64.4 Å². The largest absolute Gasteiger partial charge is 0.449 e. The molecule has 4 aromatic rings. The summed E-state index contributed by atoms with van der Waals surface area (Å²) < 4.78 is 13.1. The molecule has 0 radical (unpaired) electrons. The summed E-state index contributed by atoms with van der Waals surface area (Å²) in [5, 5.41) is 0. The number of ether oxygens (including phenoxy) is 2. The minimum Gasteiger partial charge on any atom is -0.449 e. The summed E-state index contributed by atoms with van der Waals surface area (Å²) in [6.45, 7) is 4.57. The van der Waals surface area contributed by atoms with Crippen LogP contribution >= 0.6 is 0 Å². The highest BCUT2D eigenvalue weighted by atomic mass is 16.6. The summed E-state index contributed by atoms with van der Waals surface area (Å²) in [7, 11) is 0. The van der Waals surface area contributed by atoms with Crippen molar-refractivity contribution in [3.05, 3.63) is 125 Å². The predicted molar refractivity (Wildman–Crippen MR) is 153 cm³/mol. The minimum atomic E-state index is -0.0825. The van der Waals surface area contributed by atoms with Crippen molar-refractivity contribution in [1.82, 2.24) is 0 Å². The molecule has 0 amide bonds. The molecular formula is C35H27NO2. The van der Waals surface area contributed by atoms with Crippen molar-refractivity contribution in [2.75, 3.05) is 0 Å². The lowest BCUT2D eigenvalue weighted by Crippen LogP contribution is -2.15. The van der Waals surface area contributed by atoms with Gasteiger partial charge in [0.15, 0.2) is 23.0 Å². The molecule has 0 fully saturated rings. The van der Waals surface area contributed by atoms with Gasteiger partial charge in [-0.25, -0.2) is 0 Å². The molecular weight excluding hydrogens is 466 g/mol. The van der Waals surface area contributed by atoms with E-state index in [1.165, 1.54) is 44.7 Å². The van der Waals surface area contributed by atoms with Crippen LogP contribution in [-0.4, -0.2) is 5.71 Å². The van der Waals surface area contributed by atoms with Crippen molar-refractivity contribution in [3.63, 3.8) is 0 Å². The Morgan fingerprint density at radius 1 is 0.789 bits per heavy atom. The zero-order valence-corrected chi connectivity index (χ0v) is 21.5. The quantitative estimate of drug-likeness (QED) is 0.251. The normalized spacial score (nSPS) is 19.4. The molecule has 0 saturated heterocycles. The van der Waals surface area contributed by atoms with Gasteiger partial charge in [-0.15, -0.1) is 0 Å². The van der Waals surface area contributed by atoms with E-state index in [0.717, 1.165) is 41.4 Å². The lowest BCUT2D eigenvalue weighted by molar-refractivity contribution is 0.360. The summed E-state index contributed by atoms with van der Waals surface area (Å²) in [6, 6.07) is 30.0. The smallest absolute Gasteiger partial charge is 0.178 e. The van der Waals surface area contributed by atoms with Gasteiger partial charge in [-0.1, -0.05) is 92.7 Å². The lowest BCUT2D eigenvalue weighted by atomic mass is 9.82. The van der Waals surface area contributed by atoms with Crippen LogP contribution in [0.3, 0.4) is 0 Å². The molecule has 184 valence electrons. The van der Waals surface area contributed by atoms with Crippen LogP contribution in [0, 0.1) is 0 Å². The lowest BCUT2D eigenvalue weighted by Gasteiger charge is -2.26. The number of fused-ring (bicyclic) bond motifs is 6. The molecule has 0 N–H and O–H groups in total.